The summed E-state index contributed by atoms with van der Waals surface area (Å²) < 4.78 is 20.5. The van der Waals surface area contributed by atoms with E-state index in [1.54, 1.807) is 30.3 Å². The number of aliphatic hydroxyl groups excluding tert-OH is 1. The summed E-state index contributed by atoms with van der Waals surface area (Å²) in [7, 11) is 0. The maximum absolute atomic E-state index is 14.9. The topological polar surface area (TPSA) is 66.8 Å². The fourth-order valence-corrected chi connectivity index (χ4v) is 4.40. The Labute approximate surface area is 206 Å². The SMILES string of the molecule is CC(C)Oc1ccc(/C(O)=C2\C(=O)C(=O)N(c3cc(Cl)cc(Cl)c3)C2c2ccccc2F)cc1. The van der Waals surface area contributed by atoms with Gasteiger partial charge < -0.3 is 9.84 Å². The lowest BCUT2D eigenvalue weighted by molar-refractivity contribution is -0.132. The number of hydrogen-bond donors (Lipinski definition) is 1. The lowest BCUT2D eigenvalue weighted by Crippen LogP contribution is -2.29. The van der Waals surface area contributed by atoms with Gasteiger partial charge in [-0.3, -0.25) is 14.5 Å². The number of anilines is 1. The highest BCUT2D eigenvalue weighted by molar-refractivity contribution is 6.52. The van der Waals surface area contributed by atoms with Crippen LogP contribution in [-0.4, -0.2) is 22.9 Å². The molecule has 174 valence electrons. The van der Waals surface area contributed by atoms with Gasteiger partial charge in [-0.15, -0.1) is 0 Å². The number of hydrogen-bond acceptors (Lipinski definition) is 4. The molecule has 3 aromatic rings. The summed E-state index contributed by atoms with van der Waals surface area (Å²) in [6, 6.07) is 15.3. The van der Waals surface area contributed by atoms with Gasteiger partial charge in [0.1, 0.15) is 17.3 Å². The molecule has 0 saturated carbocycles. The summed E-state index contributed by atoms with van der Waals surface area (Å²) in [5.74, 6) is -2.39. The molecule has 1 unspecified atom stereocenters. The smallest absolute Gasteiger partial charge is 0.300 e. The van der Waals surface area contributed by atoms with Crippen molar-refractivity contribution in [2.75, 3.05) is 4.90 Å². The average molecular weight is 500 g/mol. The first-order chi connectivity index (χ1) is 16.2. The Hall–Kier alpha value is -3.35. The quantitative estimate of drug-likeness (QED) is 0.245. The van der Waals surface area contributed by atoms with Crippen LogP contribution in [0.25, 0.3) is 5.76 Å². The summed E-state index contributed by atoms with van der Waals surface area (Å²) in [4.78, 5) is 27.4. The molecule has 1 saturated heterocycles. The standard InChI is InChI=1S/C26H20Cl2FNO4/c1-14(2)34-19-9-7-15(8-10-19)24(31)22-23(20-5-3-4-6-21(20)29)30(26(33)25(22)32)18-12-16(27)11-17(28)13-18/h3-14,23,31H,1-2H3/b24-22+. The van der Waals surface area contributed by atoms with Gasteiger partial charge in [-0.1, -0.05) is 41.4 Å². The molecule has 1 aliphatic heterocycles. The fourth-order valence-electron chi connectivity index (χ4n) is 3.89. The molecule has 1 aliphatic rings. The Morgan fingerprint density at radius 3 is 2.21 bits per heavy atom. The Balaban J connectivity index is 1.91. The maximum atomic E-state index is 14.9. The Morgan fingerprint density at radius 1 is 1.00 bits per heavy atom. The molecule has 5 nitrogen and oxygen atoms in total. The van der Waals surface area contributed by atoms with Gasteiger partial charge in [0, 0.05) is 26.9 Å². The molecule has 8 heteroatoms. The number of carbonyl (C=O) groups is 2. The molecular weight excluding hydrogens is 480 g/mol. The predicted octanol–water partition coefficient (Wildman–Crippen LogP) is 6.55. The number of amides is 1. The zero-order valence-corrected chi connectivity index (χ0v) is 19.8. The zero-order valence-electron chi connectivity index (χ0n) is 18.3. The lowest BCUT2D eigenvalue weighted by atomic mass is 9.94. The van der Waals surface area contributed by atoms with Gasteiger partial charge in [-0.2, -0.15) is 0 Å². The lowest BCUT2D eigenvalue weighted by Gasteiger charge is -2.26. The van der Waals surface area contributed by atoms with Crippen LogP contribution in [0, 0.1) is 5.82 Å². The minimum absolute atomic E-state index is 0.0408. The molecule has 0 spiro atoms. The van der Waals surface area contributed by atoms with Gasteiger partial charge >= 0.3 is 0 Å². The molecule has 0 aliphatic carbocycles. The van der Waals surface area contributed by atoms with E-state index < -0.39 is 29.3 Å². The number of ketones is 1. The van der Waals surface area contributed by atoms with Gasteiger partial charge in [0.05, 0.1) is 17.7 Å². The van der Waals surface area contributed by atoms with Gasteiger partial charge in [-0.25, -0.2) is 4.39 Å². The van der Waals surface area contributed by atoms with Crippen LogP contribution in [0.2, 0.25) is 10.0 Å². The summed E-state index contributed by atoms with van der Waals surface area (Å²) in [6.45, 7) is 3.76. The minimum atomic E-state index is -1.23. The highest BCUT2D eigenvalue weighted by Crippen LogP contribution is 2.44. The first-order valence-corrected chi connectivity index (χ1v) is 11.2. The van der Waals surface area contributed by atoms with Crippen molar-refractivity contribution in [1.29, 1.82) is 0 Å². The average Bonchev–Trinajstić information content (AvgIpc) is 3.03. The number of ether oxygens (including phenoxy) is 1. The van der Waals surface area contributed by atoms with E-state index in [1.165, 1.54) is 36.4 Å². The third-order valence-corrected chi connectivity index (χ3v) is 5.71. The minimum Gasteiger partial charge on any atom is -0.507 e. The number of halogens is 3. The first kappa shape index (κ1) is 23.8. The molecule has 3 aromatic carbocycles. The van der Waals surface area contributed by atoms with Crippen molar-refractivity contribution < 1.29 is 23.8 Å². The van der Waals surface area contributed by atoms with Crippen molar-refractivity contribution in [3.8, 4) is 5.75 Å². The van der Waals surface area contributed by atoms with Crippen LogP contribution in [-0.2, 0) is 9.59 Å². The zero-order chi connectivity index (χ0) is 24.6. The van der Waals surface area contributed by atoms with E-state index in [9.17, 15) is 19.1 Å². The number of benzene rings is 3. The van der Waals surface area contributed by atoms with Crippen molar-refractivity contribution >= 4 is 46.3 Å². The highest BCUT2D eigenvalue weighted by Gasteiger charge is 2.48. The summed E-state index contributed by atoms with van der Waals surface area (Å²) in [5, 5.41) is 11.6. The maximum Gasteiger partial charge on any atom is 0.300 e. The van der Waals surface area contributed by atoms with Crippen molar-refractivity contribution in [2.45, 2.75) is 26.0 Å². The van der Waals surface area contributed by atoms with E-state index in [2.05, 4.69) is 0 Å². The molecule has 0 aromatic heterocycles. The van der Waals surface area contributed by atoms with Crippen LogP contribution in [0.15, 0.2) is 72.3 Å². The van der Waals surface area contributed by atoms with Crippen molar-refractivity contribution in [3.63, 3.8) is 0 Å². The molecule has 1 fully saturated rings. The van der Waals surface area contributed by atoms with Crippen LogP contribution >= 0.6 is 23.2 Å². The van der Waals surface area contributed by atoms with Gasteiger partial charge in [0.2, 0.25) is 0 Å². The number of carbonyl (C=O) groups excluding carboxylic acids is 2. The molecule has 1 amide bonds. The molecular formula is C26H20Cl2FNO4. The van der Waals surface area contributed by atoms with E-state index >= 15 is 0 Å². The summed E-state index contributed by atoms with van der Waals surface area (Å²) >= 11 is 12.3. The Kier molecular flexibility index (Phi) is 6.64. The van der Waals surface area contributed by atoms with Crippen LogP contribution in [0.3, 0.4) is 0 Å². The molecule has 1 N–H and O–H groups in total. The number of aliphatic hydroxyl groups is 1. The second-order valence-electron chi connectivity index (χ2n) is 8.01. The molecule has 34 heavy (non-hydrogen) atoms. The first-order valence-electron chi connectivity index (χ1n) is 10.5. The Bertz CT molecular complexity index is 1280. The monoisotopic (exact) mass is 499 g/mol. The van der Waals surface area contributed by atoms with E-state index in [0.717, 1.165) is 4.90 Å². The number of nitrogens with zero attached hydrogens (tertiary/aromatic N) is 1. The van der Waals surface area contributed by atoms with E-state index in [1.807, 2.05) is 13.8 Å². The molecule has 0 bridgehead atoms. The van der Waals surface area contributed by atoms with Crippen LogP contribution in [0.1, 0.15) is 31.0 Å². The normalized spacial score (nSPS) is 17.5. The summed E-state index contributed by atoms with van der Waals surface area (Å²) in [6.07, 6.45) is -0.0460. The van der Waals surface area contributed by atoms with E-state index in [-0.39, 0.29) is 38.5 Å². The summed E-state index contributed by atoms with van der Waals surface area (Å²) in [5.41, 5.74) is 0.273. The van der Waals surface area contributed by atoms with Crippen LogP contribution in [0.5, 0.6) is 5.75 Å². The van der Waals surface area contributed by atoms with Crippen LogP contribution < -0.4 is 9.64 Å². The van der Waals surface area contributed by atoms with E-state index in [0.29, 0.717) is 5.75 Å². The molecule has 1 heterocycles. The number of Topliss-reactive ketones (excluding diaryl/α,β-unsaturated/α-hetero) is 1. The predicted molar refractivity (Wildman–Crippen MR) is 130 cm³/mol. The third kappa shape index (κ3) is 4.52. The van der Waals surface area contributed by atoms with Crippen molar-refractivity contribution in [3.05, 3.63) is 99.3 Å². The second-order valence-corrected chi connectivity index (χ2v) is 8.88. The molecule has 0 radical (unpaired) electrons. The largest absolute Gasteiger partial charge is 0.507 e. The van der Waals surface area contributed by atoms with Crippen molar-refractivity contribution in [2.24, 2.45) is 0 Å². The van der Waals surface area contributed by atoms with Gasteiger partial charge in [0.25, 0.3) is 11.7 Å². The van der Waals surface area contributed by atoms with Crippen molar-refractivity contribution in [1.82, 2.24) is 0 Å². The second kappa shape index (κ2) is 9.49. The molecule has 1 atom stereocenters. The van der Waals surface area contributed by atoms with E-state index in [4.69, 9.17) is 27.9 Å². The van der Waals surface area contributed by atoms with Crippen LogP contribution in [0.4, 0.5) is 10.1 Å². The fraction of sp³-hybridized carbons (Fsp3) is 0.154. The third-order valence-electron chi connectivity index (χ3n) is 5.27. The highest BCUT2D eigenvalue weighted by atomic mass is 35.5. The number of rotatable bonds is 5. The Morgan fingerprint density at radius 2 is 1.62 bits per heavy atom. The van der Waals surface area contributed by atoms with Gasteiger partial charge in [0.15, 0.2) is 0 Å². The molecule has 4 rings (SSSR count). The van der Waals surface area contributed by atoms with Gasteiger partial charge in [-0.05, 0) is 62.4 Å².